The number of allylic oxidation sites excluding steroid dienone is 2. The number of ketones is 1. The Bertz CT molecular complexity index is 399. The van der Waals surface area contributed by atoms with Crippen molar-refractivity contribution < 1.29 is 14.3 Å². The van der Waals surface area contributed by atoms with Gasteiger partial charge < -0.3 is 9.47 Å². The fourth-order valence-corrected chi connectivity index (χ4v) is 2.21. The SMILES string of the molecule is COC1(OC)C(=O)[C@H]2C=C[C@@H]1C(C#N)=C2. The predicted octanol–water partition coefficient (Wildman–Crippen LogP) is 0.810. The van der Waals surface area contributed by atoms with E-state index in [2.05, 4.69) is 6.07 Å². The topological polar surface area (TPSA) is 59.3 Å². The first-order chi connectivity index (χ1) is 7.19. The van der Waals surface area contributed by atoms with Crippen molar-refractivity contribution in [2.45, 2.75) is 5.79 Å². The zero-order chi connectivity index (χ0) is 11.1. The molecule has 3 aliphatic rings. The van der Waals surface area contributed by atoms with Gasteiger partial charge in [0.1, 0.15) is 0 Å². The molecule has 0 aromatic heterocycles. The first kappa shape index (κ1) is 10.1. The fourth-order valence-electron chi connectivity index (χ4n) is 2.21. The molecule has 0 saturated carbocycles. The lowest BCUT2D eigenvalue weighted by Crippen LogP contribution is -2.55. The van der Waals surface area contributed by atoms with Gasteiger partial charge in [0.05, 0.1) is 17.9 Å². The van der Waals surface area contributed by atoms with E-state index in [-0.39, 0.29) is 5.78 Å². The number of ether oxygens (including phenoxy) is 2. The van der Waals surface area contributed by atoms with Crippen LogP contribution in [-0.2, 0) is 14.3 Å². The third-order valence-electron chi connectivity index (χ3n) is 3.00. The van der Waals surface area contributed by atoms with Crippen molar-refractivity contribution in [1.82, 2.24) is 0 Å². The maximum Gasteiger partial charge on any atom is 0.240 e. The van der Waals surface area contributed by atoms with Gasteiger partial charge in [0.15, 0.2) is 0 Å². The minimum atomic E-state index is -1.31. The third kappa shape index (κ3) is 1.11. The summed E-state index contributed by atoms with van der Waals surface area (Å²) >= 11 is 0. The smallest absolute Gasteiger partial charge is 0.240 e. The summed E-state index contributed by atoms with van der Waals surface area (Å²) in [7, 11) is 2.84. The summed E-state index contributed by atoms with van der Waals surface area (Å²) in [6.45, 7) is 0. The Morgan fingerprint density at radius 2 is 2.07 bits per heavy atom. The molecule has 2 bridgehead atoms. The highest BCUT2D eigenvalue weighted by molar-refractivity contribution is 5.95. The molecular weight excluding hydrogens is 194 g/mol. The molecule has 0 heterocycles. The molecule has 0 amide bonds. The molecule has 0 aliphatic heterocycles. The average Bonchev–Trinajstić information content (AvgIpc) is 2.31. The van der Waals surface area contributed by atoms with Crippen LogP contribution >= 0.6 is 0 Å². The van der Waals surface area contributed by atoms with Gasteiger partial charge in [0.25, 0.3) is 0 Å². The number of hydrogen-bond donors (Lipinski definition) is 0. The van der Waals surface area contributed by atoms with Gasteiger partial charge in [-0.05, 0) is 0 Å². The number of nitrogens with zero attached hydrogens (tertiary/aromatic N) is 1. The molecule has 4 nitrogen and oxygen atoms in total. The molecule has 0 unspecified atom stereocenters. The van der Waals surface area contributed by atoms with Crippen LogP contribution in [0.1, 0.15) is 0 Å². The molecule has 78 valence electrons. The molecule has 0 aromatic rings. The van der Waals surface area contributed by atoms with Gasteiger partial charge >= 0.3 is 0 Å². The third-order valence-corrected chi connectivity index (χ3v) is 3.00. The van der Waals surface area contributed by atoms with Crippen LogP contribution in [0.15, 0.2) is 23.8 Å². The maximum atomic E-state index is 12.0. The summed E-state index contributed by atoms with van der Waals surface area (Å²) in [5.41, 5.74) is 0.533. The van der Waals surface area contributed by atoms with Crippen molar-refractivity contribution in [1.29, 1.82) is 5.26 Å². The van der Waals surface area contributed by atoms with Crippen LogP contribution in [-0.4, -0.2) is 25.8 Å². The van der Waals surface area contributed by atoms with Gasteiger partial charge in [0.2, 0.25) is 11.6 Å². The van der Waals surface area contributed by atoms with E-state index in [1.54, 1.807) is 18.2 Å². The second-order valence-corrected chi connectivity index (χ2v) is 3.56. The molecule has 0 fully saturated rings. The number of methoxy groups -OCH3 is 2. The normalized spacial score (nSPS) is 31.3. The van der Waals surface area contributed by atoms with E-state index in [9.17, 15) is 4.79 Å². The molecule has 15 heavy (non-hydrogen) atoms. The van der Waals surface area contributed by atoms with Crippen molar-refractivity contribution in [3.8, 4) is 6.07 Å². The zero-order valence-electron chi connectivity index (χ0n) is 8.56. The van der Waals surface area contributed by atoms with E-state index in [1.165, 1.54) is 14.2 Å². The number of fused-ring (bicyclic) bond motifs is 1. The minimum absolute atomic E-state index is 0.140. The van der Waals surface area contributed by atoms with Gasteiger partial charge in [-0.3, -0.25) is 4.79 Å². The van der Waals surface area contributed by atoms with Crippen LogP contribution in [0.3, 0.4) is 0 Å². The largest absolute Gasteiger partial charge is 0.346 e. The molecule has 0 radical (unpaired) electrons. The van der Waals surface area contributed by atoms with Crippen LogP contribution in [0, 0.1) is 23.2 Å². The first-order valence-corrected chi connectivity index (χ1v) is 4.64. The molecule has 3 rings (SSSR count). The summed E-state index contributed by atoms with van der Waals surface area (Å²) in [5.74, 6) is -2.27. The summed E-state index contributed by atoms with van der Waals surface area (Å²) in [4.78, 5) is 12.0. The summed E-state index contributed by atoms with van der Waals surface area (Å²) in [6, 6.07) is 2.08. The van der Waals surface area contributed by atoms with E-state index in [4.69, 9.17) is 14.7 Å². The van der Waals surface area contributed by atoms with E-state index < -0.39 is 17.6 Å². The Morgan fingerprint density at radius 3 is 2.60 bits per heavy atom. The number of carbonyl (C=O) groups excluding carboxylic acids is 1. The fraction of sp³-hybridized carbons (Fsp3) is 0.455. The second kappa shape index (κ2) is 3.30. The lowest BCUT2D eigenvalue weighted by molar-refractivity contribution is -0.223. The van der Waals surface area contributed by atoms with Gasteiger partial charge in [-0.1, -0.05) is 18.2 Å². The van der Waals surface area contributed by atoms with Crippen molar-refractivity contribution in [2.24, 2.45) is 11.8 Å². The molecule has 2 atom stereocenters. The van der Waals surface area contributed by atoms with Crippen LogP contribution in [0.4, 0.5) is 0 Å². The quantitative estimate of drug-likeness (QED) is 0.494. The van der Waals surface area contributed by atoms with Crippen molar-refractivity contribution in [2.75, 3.05) is 14.2 Å². The minimum Gasteiger partial charge on any atom is -0.346 e. The zero-order valence-corrected chi connectivity index (χ0v) is 8.56. The first-order valence-electron chi connectivity index (χ1n) is 4.64. The van der Waals surface area contributed by atoms with E-state index >= 15 is 0 Å². The predicted molar refractivity (Wildman–Crippen MR) is 51.6 cm³/mol. The number of carbonyl (C=O) groups is 1. The van der Waals surface area contributed by atoms with Crippen molar-refractivity contribution in [3.63, 3.8) is 0 Å². The summed E-state index contributed by atoms with van der Waals surface area (Å²) in [5, 5.41) is 8.95. The Hall–Kier alpha value is -1.44. The Labute approximate surface area is 87.8 Å². The van der Waals surface area contributed by atoms with E-state index in [0.29, 0.717) is 5.57 Å². The van der Waals surface area contributed by atoms with E-state index in [0.717, 1.165) is 0 Å². The summed E-state index contributed by atoms with van der Waals surface area (Å²) < 4.78 is 10.4. The van der Waals surface area contributed by atoms with Crippen LogP contribution in [0.25, 0.3) is 0 Å². The molecular formula is C11H11NO3. The molecule has 0 N–H and O–H groups in total. The second-order valence-electron chi connectivity index (χ2n) is 3.56. The average molecular weight is 205 g/mol. The van der Waals surface area contributed by atoms with Crippen LogP contribution in [0.2, 0.25) is 0 Å². The van der Waals surface area contributed by atoms with Gasteiger partial charge in [-0.25, -0.2) is 0 Å². The number of nitriles is 1. The highest BCUT2D eigenvalue weighted by atomic mass is 16.7. The standard InChI is InChI=1S/C11H11NO3/c1-14-11(15-2)9-4-3-7(10(11)13)5-8(9)6-12/h3-5,7,9H,1-2H3/t7-,9+/m0/s1. The van der Waals surface area contributed by atoms with Gasteiger partial charge in [0, 0.05) is 19.8 Å². The molecule has 0 aromatic carbocycles. The summed E-state index contributed by atoms with van der Waals surface area (Å²) in [6.07, 6.45) is 5.26. The highest BCUT2D eigenvalue weighted by Gasteiger charge is 2.54. The Morgan fingerprint density at radius 1 is 1.40 bits per heavy atom. The van der Waals surface area contributed by atoms with Gasteiger partial charge in [-0.2, -0.15) is 5.26 Å². The number of Topliss-reactive ketones (excluding diaryl/α,β-unsaturated/α-hetero) is 1. The van der Waals surface area contributed by atoms with Crippen LogP contribution < -0.4 is 0 Å². The Balaban J connectivity index is 2.54. The number of rotatable bonds is 2. The molecule has 0 spiro atoms. The molecule has 3 aliphatic carbocycles. The number of hydrogen-bond acceptors (Lipinski definition) is 4. The van der Waals surface area contributed by atoms with E-state index in [1.807, 2.05) is 0 Å². The van der Waals surface area contributed by atoms with Crippen LogP contribution in [0.5, 0.6) is 0 Å². The molecule has 4 heteroatoms. The van der Waals surface area contributed by atoms with Crippen molar-refractivity contribution in [3.05, 3.63) is 23.8 Å². The van der Waals surface area contributed by atoms with Gasteiger partial charge in [-0.15, -0.1) is 0 Å². The Kier molecular flexibility index (Phi) is 2.22. The molecule has 0 saturated heterocycles. The lowest BCUT2D eigenvalue weighted by Gasteiger charge is -2.42. The lowest BCUT2D eigenvalue weighted by atomic mass is 9.71. The highest BCUT2D eigenvalue weighted by Crippen LogP contribution is 2.42. The van der Waals surface area contributed by atoms with Crippen molar-refractivity contribution >= 4 is 5.78 Å². The maximum absolute atomic E-state index is 12.0. The monoisotopic (exact) mass is 205 g/mol.